The summed E-state index contributed by atoms with van der Waals surface area (Å²) in [6, 6.07) is 5.21. The van der Waals surface area contributed by atoms with Crippen molar-refractivity contribution in [2.75, 3.05) is 13.7 Å². The van der Waals surface area contributed by atoms with Gasteiger partial charge in [-0.15, -0.1) is 0 Å². The standard InChI is InChI=1S/C14H18N2O3/c1-4-13-15-11-7-10(14(17)18)5-6-12(11)16(13)9(2)8-19-3/h5-7,9H,4,8H2,1-3H3,(H,17,18). The summed E-state index contributed by atoms with van der Waals surface area (Å²) >= 11 is 0. The molecule has 0 aliphatic carbocycles. The Labute approximate surface area is 111 Å². The molecule has 0 spiro atoms. The minimum absolute atomic E-state index is 0.167. The first-order valence-electron chi connectivity index (χ1n) is 6.31. The fourth-order valence-electron chi connectivity index (χ4n) is 2.34. The molecule has 1 heterocycles. The van der Waals surface area contributed by atoms with Crippen molar-refractivity contribution >= 4 is 17.0 Å². The zero-order valence-electron chi connectivity index (χ0n) is 11.4. The molecule has 1 unspecified atom stereocenters. The van der Waals surface area contributed by atoms with Gasteiger partial charge in [-0.1, -0.05) is 6.92 Å². The summed E-state index contributed by atoms with van der Waals surface area (Å²) < 4.78 is 7.31. The topological polar surface area (TPSA) is 64.3 Å². The number of carboxylic acid groups (broad SMARTS) is 1. The minimum Gasteiger partial charge on any atom is -0.478 e. The number of hydrogen-bond donors (Lipinski definition) is 1. The van der Waals surface area contributed by atoms with E-state index in [2.05, 4.69) is 16.5 Å². The normalized spacial score (nSPS) is 12.8. The highest BCUT2D eigenvalue weighted by atomic mass is 16.5. The van der Waals surface area contributed by atoms with Gasteiger partial charge in [0.15, 0.2) is 0 Å². The van der Waals surface area contributed by atoms with Crippen LogP contribution < -0.4 is 0 Å². The number of aromatic carboxylic acids is 1. The van der Waals surface area contributed by atoms with Crippen LogP contribution in [-0.4, -0.2) is 34.3 Å². The van der Waals surface area contributed by atoms with Gasteiger partial charge in [0, 0.05) is 13.5 Å². The number of rotatable bonds is 5. The second-order valence-corrected chi connectivity index (χ2v) is 4.56. The molecule has 1 aromatic heterocycles. The van der Waals surface area contributed by atoms with Crippen LogP contribution in [0.4, 0.5) is 0 Å². The van der Waals surface area contributed by atoms with E-state index in [0.717, 1.165) is 23.3 Å². The lowest BCUT2D eigenvalue weighted by Crippen LogP contribution is -2.13. The predicted molar refractivity (Wildman–Crippen MR) is 72.7 cm³/mol. The molecule has 0 aliphatic rings. The number of methoxy groups -OCH3 is 1. The number of hydrogen-bond acceptors (Lipinski definition) is 3. The van der Waals surface area contributed by atoms with Gasteiger partial charge < -0.3 is 14.4 Å². The van der Waals surface area contributed by atoms with Crippen molar-refractivity contribution in [1.82, 2.24) is 9.55 Å². The van der Waals surface area contributed by atoms with Crippen LogP contribution in [0.25, 0.3) is 11.0 Å². The fraction of sp³-hybridized carbons (Fsp3) is 0.429. The number of aryl methyl sites for hydroxylation is 1. The van der Waals surface area contributed by atoms with Crippen LogP contribution in [0.15, 0.2) is 18.2 Å². The van der Waals surface area contributed by atoms with E-state index in [4.69, 9.17) is 9.84 Å². The number of nitrogens with zero attached hydrogens (tertiary/aromatic N) is 2. The van der Waals surface area contributed by atoms with E-state index in [0.29, 0.717) is 6.61 Å². The lowest BCUT2D eigenvalue weighted by Gasteiger charge is -2.16. The van der Waals surface area contributed by atoms with E-state index in [1.54, 1.807) is 19.2 Å². The highest BCUT2D eigenvalue weighted by molar-refractivity contribution is 5.92. The van der Waals surface area contributed by atoms with Crippen molar-refractivity contribution < 1.29 is 14.6 Å². The molecule has 1 N–H and O–H groups in total. The second kappa shape index (κ2) is 5.40. The molecule has 0 aliphatic heterocycles. The highest BCUT2D eigenvalue weighted by Gasteiger charge is 2.16. The summed E-state index contributed by atoms with van der Waals surface area (Å²) in [7, 11) is 1.67. The van der Waals surface area contributed by atoms with Crippen molar-refractivity contribution in [3.63, 3.8) is 0 Å². The third kappa shape index (κ3) is 2.46. The molecule has 102 valence electrons. The van der Waals surface area contributed by atoms with E-state index in [9.17, 15) is 4.79 Å². The summed E-state index contributed by atoms with van der Waals surface area (Å²) in [5.41, 5.74) is 1.94. The molecule has 0 bridgehead atoms. The lowest BCUT2D eigenvalue weighted by molar-refractivity contribution is 0.0697. The number of ether oxygens (including phenoxy) is 1. The van der Waals surface area contributed by atoms with Gasteiger partial charge in [-0.2, -0.15) is 0 Å². The number of carboxylic acids is 1. The van der Waals surface area contributed by atoms with E-state index < -0.39 is 5.97 Å². The van der Waals surface area contributed by atoms with E-state index >= 15 is 0 Å². The van der Waals surface area contributed by atoms with Crippen molar-refractivity contribution in [2.45, 2.75) is 26.3 Å². The Morgan fingerprint density at radius 2 is 2.26 bits per heavy atom. The number of fused-ring (bicyclic) bond motifs is 1. The van der Waals surface area contributed by atoms with Crippen molar-refractivity contribution in [2.24, 2.45) is 0 Å². The first kappa shape index (κ1) is 13.5. The number of benzene rings is 1. The Kier molecular flexibility index (Phi) is 3.85. The Morgan fingerprint density at radius 3 is 2.84 bits per heavy atom. The molecule has 0 saturated carbocycles. The zero-order valence-corrected chi connectivity index (χ0v) is 11.4. The summed E-state index contributed by atoms with van der Waals surface area (Å²) in [5, 5.41) is 9.02. The van der Waals surface area contributed by atoms with Gasteiger partial charge in [-0.25, -0.2) is 9.78 Å². The minimum atomic E-state index is -0.931. The van der Waals surface area contributed by atoms with Crippen LogP contribution in [0.2, 0.25) is 0 Å². The predicted octanol–water partition coefficient (Wildman–Crippen LogP) is 2.50. The summed E-state index contributed by atoms with van der Waals surface area (Å²) in [6.45, 7) is 4.70. The van der Waals surface area contributed by atoms with E-state index in [1.807, 2.05) is 13.0 Å². The van der Waals surface area contributed by atoms with E-state index in [1.165, 1.54) is 0 Å². The van der Waals surface area contributed by atoms with Gasteiger partial charge in [0.25, 0.3) is 0 Å². The van der Waals surface area contributed by atoms with Crippen molar-refractivity contribution in [3.8, 4) is 0 Å². The Balaban J connectivity index is 2.58. The average Bonchev–Trinajstić information content (AvgIpc) is 2.76. The van der Waals surface area contributed by atoms with Crippen LogP contribution in [0.3, 0.4) is 0 Å². The Bertz CT molecular complexity index is 604. The summed E-state index contributed by atoms with van der Waals surface area (Å²) in [5.74, 6) is 0.0153. The van der Waals surface area contributed by atoms with Crippen molar-refractivity contribution in [1.29, 1.82) is 0 Å². The maximum Gasteiger partial charge on any atom is 0.335 e. The van der Waals surface area contributed by atoms with Crippen LogP contribution in [0.5, 0.6) is 0 Å². The number of aromatic nitrogens is 2. The van der Waals surface area contributed by atoms with Crippen LogP contribution in [0.1, 0.15) is 36.1 Å². The molecule has 5 nitrogen and oxygen atoms in total. The van der Waals surface area contributed by atoms with Gasteiger partial charge >= 0.3 is 5.97 Å². The molecular formula is C14H18N2O3. The first-order valence-corrected chi connectivity index (χ1v) is 6.31. The first-order chi connectivity index (χ1) is 9.08. The monoisotopic (exact) mass is 262 g/mol. The molecule has 2 rings (SSSR count). The lowest BCUT2D eigenvalue weighted by atomic mass is 10.2. The molecule has 0 radical (unpaired) electrons. The van der Waals surface area contributed by atoms with Gasteiger partial charge in [0.1, 0.15) is 5.82 Å². The molecular weight excluding hydrogens is 244 g/mol. The van der Waals surface area contributed by atoms with Gasteiger partial charge in [-0.05, 0) is 25.1 Å². The Hall–Kier alpha value is -1.88. The van der Waals surface area contributed by atoms with Gasteiger partial charge in [-0.3, -0.25) is 0 Å². The molecule has 2 aromatic rings. The third-order valence-electron chi connectivity index (χ3n) is 3.17. The maximum atomic E-state index is 11.0. The molecule has 5 heteroatoms. The largest absolute Gasteiger partial charge is 0.478 e. The Morgan fingerprint density at radius 1 is 1.53 bits per heavy atom. The molecule has 1 aromatic carbocycles. The maximum absolute atomic E-state index is 11.0. The molecule has 0 amide bonds. The van der Waals surface area contributed by atoms with Crippen molar-refractivity contribution in [3.05, 3.63) is 29.6 Å². The quantitative estimate of drug-likeness (QED) is 0.899. The zero-order chi connectivity index (χ0) is 14.0. The smallest absolute Gasteiger partial charge is 0.335 e. The molecule has 0 fully saturated rings. The van der Waals surface area contributed by atoms with Gasteiger partial charge in [0.2, 0.25) is 0 Å². The van der Waals surface area contributed by atoms with Crippen LogP contribution in [-0.2, 0) is 11.2 Å². The SMILES string of the molecule is CCc1nc2cc(C(=O)O)ccc2n1C(C)COC. The summed E-state index contributed by atoms with van der Waals surface area (Å²) in [6.07, 6.45) is 0.797. The molecule has 19 heavy (non-hydrogen) atoms. The van der Waals surface area contributed by atoms with Crippen LogP contribution in [0, 0.1) is 0 Å². The molecule has 0 saturated heterocycles. The number of carbonyl (C=O) groups is 1. The number of imidazole rings is 1. The summed E-state index contributed by atoms with van der Waals surface area (Å²) in [4.78, 5) is 15.5. The second-order valence-electron chi connectivity index (χ2n) is 4.56. The third-order valence-corrected chi connectivity index (χ3v) is 3.17. The van der Waals surface area contributed by atoms with Gasteiger partial charge in [0.05, 0.1) is 29.2 Å². The van der Waals surface area contributed by atoms with E-state index in [-0.39, 0.29) is 11.6 Å². The average molecular weight is 262 g/mol. The van der Waals surface area contributed by atoms with Crippen LogP contribution >= 0.6 is 0 Å². The highest BCUT2D eigenvalue weighted by Crippen LogP contribution is 2.23. The fourth-order valence-corrected chi connectivity index (χ4v) is 2.34. The molecule has 1 atom stereocenters.